The van der Waals surface area contributed by atoms with Crippen LogP contribution in [0.3, 0.4) is 0 Å². The minimum atomic E-state index is -4.40. The molecule has 1 aliphatic heterocycles. The molecule has 0 spiro atoms. The van der Waals surface area contributed by atoms with Crippen molar-refractivity contribution in [2.75, 3.05) is 26.7 Å². The van der Waals surface area contributed by atoms with E-state index < -0.39 is 11.7 Å². The van der Waals surface area contributed by atoms with Gasteiger partial charge in [0.25, 0.3) is 5.91 Å². The number of halogens is 3. The molecule has 1 heterocycles. The Hall–Kier alpha value is -1.60. The SMILES string of the molecule is CN(C(=O)c1ccc(C(F)(F)F)cc1)C(CN1CC(O)C1)C1CCC1. The number of rotatable bonds is 5. The zero-order valence-corrected chi connectivity index (χ0v) is 14.2. The molecule has 1 aromatic carbocycles. The molecule has 138 valence electrons. The van der Waals surface area contributed by atoms with E-state index in [1.54, 1.807) is 11.9 Å². The third kappa shape index (κ3) is 3.98. The summed E-state index contributed by atoms with van der Waals surface area (Å²) in [7, 11) is 1.72. The van der Waals surface area contributed by atoms with Crippen molar-refractivity contribution in [2.24, 2.45) is 5.92 Å². The maximum absolute atomic E-state index is 12.7. The Labute approximate surface area is 145 Å². The molecule has 2 aliphatic rings. The van der Waals surface area contributed by atoms with Gasteiger partial charge in [0.1, 0.15) is 0 Å². The molecule has 1 saturated carbocycles. The molecular weight excluding hydrogens is 333 g/mol. The summed E-state index contributed by atoms with van der Waals surface area (Å²) in [5, 5.41) is 9.44. The van der Waals surface area contributed by atoms with Gasteiger partial charge in [0.15, 0.2) is 0 Å². The second kappa shape index (κ2) is 6.96. The van der Waals surface area contributed by atoms with Gasteiger partial charge in [-0.3, -0.25) is 9.69 Å². The average Bonchev–Trinajstić information content (AvgIpc) is 2.48. The van der Waals surface area contributed by atoms with Crippen molar-refractivity contribution in [1.29, 1.82) is 0 Å². The van der Waals surface area contributed by atoms with Gasteiger partial charge in [0.05, 0.1) is 11.7 Å². The average molecular weight is 356 g/mol. The van der Waals surface area contributed by atoms with Crippen molar-refractivity contribution in [2.45, 2.75) is 37.6 Å². The van der Waals surface area contributed by atoms with Crippen molar-refractivity contribution in [3.8, 4) is 0 Å². The maximum atomic E-state index is 12.7. The highest BCUT2D eigenvalue weighted by Gasteiger charge is 2.37. The molecule has 1 unspecified atom stereocenters. The molecule has 0 bridgehead atoms. The number of likely N-dealkylation sites (tertiary alicyclic amines) is 1. The number of carbonyl (C=O) groups excluding carboxylic acids is 1. The quantitative estimate of drug-likeness (QED) is 0.882. The van der Waals surface area contributed by atoms with Crippen LogP contribution in [0.1, 0.15) is 35.2 Å². The lowest BCUT2D eigenvalue weighted by atomic mass is 9.78. The largest absolute Gasteiger partial charge is 0.416 e. The first kappa shape index (κ1) is 18.2. The summed E-state index contributed by atoms with van der Waals surface area (Å²) >= 11 is 0. The Balaban J connectivity index is 1.69. The molecule has 25 heavy (non-hydrogen) atoms. The van der Waals surface area contributed by atoms with Gasteiger partial charge in [0.2, 0.25) is 0 Å². The molecule has 1 N–H and O–H groups in total. The van der Waals surface area contributed by atoms with Gasteiger partial charge in [-0.05, 0) is 43.0 Å². The second-order valence-electron chi connectivity index (χ2n) is 7.12. The summed E-state index contributed by atoms with van der Waals surface area (Å²) in [5.74, 6) is 0.160. The first-order chi connectivity index (χ1) is 11.8. The van der Waals surface area contributed by atoms with Crippen LogP contribution < -0.4 is 0 Å². The molecular formula is C18H23F3N2O2. The van der Waals surface area contributed by atoms with Gasteiger partial charge < -0.3 is 10.0 Å². The number of nitrogens with zero attached hydrogens (tertiary/aromatic N) is 2. The van der Waals surface area contributed by atoms with E-state index in [9.17, 15) is 23.1 Å². The van der Waals surface area contributed by atoms with Crippen LogP contribution in [0.25, 0.3) is 0 Å². The highest BCUT2D eigenvalue weighted by molar-refractivity contribution is 5.94. The zero-order valence-electron chi connectivity index (χ0n) is 14.2. The van der Waals surface area contributed by atoms with E-state index in [2.05, 4.69) is 4.90 Å². The fourth-order valence-electron chi connectivity index (χ4n) is 3.52. The fourth-order valence-corrected chi connectivity index (χ4v) is 3.52. The number of β-amino-alcohol motifs (C(OH)–C–C–N with tert-alkyl or cyclic N) is 1. The van der Waals surface area contributed by atoms with Crippen LogP contribution in [-0.2, 0) is 6.18 Å². The van der Waals surface area contributed by atoms with Crippen LogP contribution in [0.2, 0.25) is 0 Å². The highest BCUT2D eigenvalue weighted by Crippen LogP contribution is 2.34. The summed E-state index contributed by atoms with van der Waals surface area (Å²) in [6.07, 6.45) is -1.43. The molecule has 1 atom stereocenters. The number of likely N-dealkylation sites (N-methyl/N-ethyl adjacent to an activating group) is 1. The van der Waals surface area contributed by atoms with E-state index in [-0.39, 0.29) is 23.6 Å². The van der Waals surface area contributed by atoms with Crippen LogP contribution >= 0.6 is 0 Å². The van der Waals surface area contributed by atoms with Crippen LogP contribution in [0.4, 0.5) is 13.2 Å². The Bertz CT molecular complexity index is 608. The molecule has 1 amide bonds. The number of aliphatic hydroxyl groups is 1. The van der Waals surface area contributed by atoms with Gasteiger partial charge >= 0.3 is 6.18 Å². The Kier molecular flexibility index (Phi) is 5.06. The number of benzene rings is 1. The number of aliphatic hydroxyl groups excluding tert-OH is 1. The molecule has 1 aromatic rings. The number of hydrogen-bond acceptors (Lipinski definition) is 3. The van der Waals surface area contributed by atoms with E-state index in [1.165, 1.54) is 12.1 Å². The standard InChI is InChI=1S/C18H23F3N2O2/c1-22(16(12-3-2-4-12)11-23-9-15(24)10-23)17(25)13-5-7-14(8-6-13)18(19,20)21/h5-8,12,15-16,24H,2-4,9-11H2,1H3. The minimum Gasteiger partial charge on any atom is -0.390 e. The summed E-state index contributed by atoms with van der Waals surface area (Å²) in [6, 6.07) is 4.41. The Morgan fingerprint density at radius 3 is 2.32 bits per heavy atom. The van der Waals surface area contributed by atoms with E-state index >= 15 is 0 Å². The lowest BCUT2D eigenvalue weighted by Gasteiger charge is -2.45. The van der Waals surface area contributed by atoms with Crippen LogP contribution in [-0.4, -0.2) is 59.6 Å². The summed E-state index contributed by atoms with van der Waals surface area (Å²) in [4.78, 5) is 16.5. The van der Waals surface area contributed by atoms with E-state index in [1.807, 2.05) is 0 Å². The molecule has 3 rings (SSSR count). The summed E-state index contributed by atoms with van der Waals surface area (Å²) in [5.41, 5.74) is -0.486. The van der Waals surface area contributed by atoms with Crippen molar-refractivity contribution in [3.63, 3.8) is 0 Å². The number of hydrogen-bond donors (Lipinski definition) is 1. The smallest absolute Gasteiger partial charge is 0.390 e. The molecule has 0 radical (unpaired) electrons. The lowest BCUT2D eigenvalue weighted by Crippen LogP contribution is -2.58. The van der Waals surface area contributed by atoms with E-state index in [4.69, 9.17) is 0 Å². The van der Waals surface area contributed by atoms with Gasteiger partial charge in [-0.25, -0.2) is 0 Å². The Morgan fingerprint density at radius 2 is 1.88 bits per heavy atom. The zero-order chi connectivity index (χ0) is 18.2. The van der Waals surface area contributed by atoms with Gasteiger partial charge in [0, 0.05) is 38.3 Å². The van der Waals surface area contributed by atoms with Gasteiger partial charge in [-0.15, -0.1) is 0 Å². The first-order valence-corrected chi connectivity index (χ1v) is 8.60. The van der Waals surface area contributed by atoms with E-state index in [0.717, 1.165) is 31.4 Å². The third-order valence-corrected chi connectivity index (χ3v) is 5.35. The third-order valence-electron chi connectivity index (χ3n) is 5.35. The normalized spacial score (nSPS) is 20.7. The minimum absolute atomic E-state index is 0.0241. The van der Waals surface area contributed by atoms with Crippen molar-refractivity contribution < 1.29 is 23.1 Å². The molecule has 2 fully saturated rings. The van der Waals surface area contributed by atoms with Crippen LogP contribution in [0.15, 0.2) is 24.3 Å². The fraction of sp³-hybridized carbons (Fsp3) is 0.611. The number of amides is 1. The predicted octanol–water partition coefficient (Wildman–Crippen LogP) is 2.62. The molecule has 0 aromatic heterocycles. The number of alkyl halides is 3. The molecule has 4 nitrogen and oxygen atoms in total. The monoisotopic (exact) mass is 356 g/mol. The Morgan fingerprint density at radius 1 is 1.28 bits per heavy atom. The van der Waals surface area contributed by atoms with Gasteiger partial charge in [-0.1, -0.05) is 6.42 Å². The molecule has 1 saturated heterocycles. The summed E-state index contributed by atoms with van der Waals surface area (Å²) < 4.78 is 38.0. The first-order valence-electron chi connectivity index (χ1n) is 8.60. The van der Waals surface area contributed by atoms with Crippen LogP contribution in [0.5, 0.6) is 0 Å². The lowest BCUT2D eigenvalue weighted by molar-refractivity contribution is -0.137. The van der Waals surface area contributed by atoms with Gasteiger partial charge in [-0.2, -0.15) is 13.2 Å². The maximum Gasteiger partial charge on any atom is 0.416 e. The highest BCUT2D eigenvalue weighted by atomic mass is 19.4. The number of carbonyl (C=O) groups is 1. The van der Waals surface area contributed by atoms with Crippen molar-refractivity contribution >= 4 is 5.91 Å². The molecule has 7 heteroatoms. The molecule has 1 aliphatic carbocycles. The predicted molar refractivity (Wildman–Crippen MR) is 87.1 cm³/mol. The second-order valence-corrected chi connectivity index (χ2v) is 7.12. The summed E-state index contributed by atoms with van der Waals surface area (Å²) in [6.45, 7) is 1.93. The van der Waals surface area contributed by atoms with E-state index in [0.29, 0.717) is 25.6 Å². The van der Waals surface area contributed by atoms with Crippen LogP contribution in [0, 0.1) is 5.92 Å². The van der Waals surface area contributed by atoms with Crippen molar-refractivity contribution in [1.82, 2.24) is 9.80 Å². The van der Waals surface area contributed by atoms with Crippen molar-refractivity contribution in [3.05, 3.63) is 35.4 Å². The topological polar surface area (TPSA) is 43.8 Å².